The number of benzene rings is 3. The maximum atomic E-state index is 12.7. The van der Waals surface area contributed by atoms with Crippen LogP contribution in [-0.4, -0.2) is 44.1 Å². The normalized spacial score (nSPS) is 10.2. The second-order valence-corrected chi connectivity index (χ2v) is 9.18. The highest BCUT2D eigenvalue weighted by Gasteiger charge is 2.14. The highest BCUT2D eigenvalue weighted by molar-refractivity contribution is 5.91. The SMILES string of the molecule is C=CC(=O)OCOc1ccc(C(=O)OCCc2ccc(OC(=O)c3ccc(OCOC(=O)C=C)c(C)c3)cc2C)cc1C. The van der Waals surface area contributed by atoms with E-state index in [1.165, 1.54) is 0 Å². The predicted octanol–water partition coefficient (Wildman–Crippen LogP) is 5.36. The van der Waals surface area contributed by atoms with Crippen molar-refractivity contribution in [2.24, 2.45) is 0 Å². The molecule has 10 heteroatoms. The number of hydrogen-bond donors (Lipinski definition) is 0. The van der Waals surface area contributed by atoms with Crippen molar-refractivity contribution < 1.29 is 47.6 Å². The molecule has 0 heterocycles. The third-order valence-corrected chi connectivity index (χ3v) is 6.11. The summed E-state index contributed by atoms with van der Waals surface area (Å²) in [5.41, 5.74) is 3.82. The van der Waals surface area contributed by atoms with Crippen molar-refractivity contribution in [3.8, 4) is 17.2 Å². The van der Waals surface area contributed by atoms with Crippen molar-refractivity contribution in [1.29, 1.82) is 0 Å². The molecule has 0 unspecified atom stereocenters. The van der Waals surface area contributed by atoms with Gasteiger partial charge in [0.05, 0.1) is 17.7 Å². The summed E-state index contributed by atoms with van der Waals surface area (Å²) < 4.78 is 31.4. The van der Waals surface area contributed by atoms with Crippen LogP contribution in [0.15, 0.2) is 79.9 Å². The van der Waals surface area contributed by atoms with Crippen molar-refractivity contribution in [3.05, 3.63) is 113 Å². The molecule has 0 aromatic heterocycles. The Hall–Kier alpha value is -5.38. The van der Waals surface area contributed by atoms with Gasteiger partial charge in [-0.25, -0.2) is 19.2 Å². The predicted molar refractivity (Wildman–Crippen MR) is 156 cm³/mol. The monoisotopic (exact) mass is 588 g/mol. The molecule has 0 N–H and O–H groups in total. The summed E-state index contributed by atoms with van der Waals surface area (Å²) in [5.74, 6) is -0.932. The molecule has 3 aromatic carbocycles. The number of carbonyl (C=O) groups excluding carboxylic acids is 4. The molecular formula is C33H32O10. The van der Waals surface area contributed by atoms with E-state index in [2.05, 4.69) is 13.2 Å². The lowest BCUT2D eigenvalue weighted by Gasteiger charge is -2.12. The summed E-state index contributed by atoms with van der Waals surface area (Å²) in [6, 6.07) is 14.8. The molecule has 0 saturated carbocycles. The zero-order chi connectivity index (χ0) is 31.4. The Labute approximate surface area is 249 Å². The zero-order valence-electron chi connectivity index (χ0n) is 24.2. The lowest BCUT2D eigenvalue weighted by atomic mass is 10.1. The second-order valence-electron chi connectivity index (χ2n) is 9.18. The van der Waals surface area contributed by atoms with Crippen LogP contribution in [-0.2, 0) is 30.2 Å². The fourth-order valence-electron chi connectivity index (χ4n) is 3.81. The van der Waals surface area contributed by atoms with Crippen LogP contribution >= 0.6 is 0 Å². The topological polar surface area (TPSA) is 124 Å². The molecule has 224 valence electrons. The van der Waals surface area contributed by atoms with Crippen molar-refractivity contribution in [2.45, 2.75) is 27.2 Å². The summed E-state index contributed by atoms with van der Waals surface area (Å²) in [5, 5.41) is 0. The maximum absolute atomic E-state index is 12.7. The van der Waals surface area contributed by atoms with E-state index in [0.29, 0.717) is 45.9 Å². The van der Waals surface area contributed by atoms with Crippen LogP contribution < -0.4 is 14.2 Å². The van der Waals surface area contributed by atoms with Gasteiger partial charge >= 0.3 is 23.9 Å². The summed E-state index contributed by atoms with van der Waals surface area (Å²) >= 11 is 0. The Kier molecular flexibility index (Phi) is 11.6. The number of esters is 4. The Morgan fingerprint density at radius 3 is 1.67 bits per heavy atom. The minimum atomic E-state index is -0.601. The summed E-state index contributed by atoms with van der Waals surface area (Å²) in [4.78, 5) is 47.5. The highest BCUT2D eigenvalue weighted by atomic mass is 16.7. The molecule has 0 spiro atoms. The summed E-state index contributed by atoms with van der Waals surface area (Å²) in [6.07, 6.45) is 2.54. The van der Waals surface area contributed by atoms with Gasteiger partial charge in [-0.15, -0.1) is 0 Å². The van der Waals surface area contributed by atoms with Gasteiger partial charge in [0.15, 0.2) is 0 Å². The average molecular weight is 589 g/mol. The van der Waals surface area contributed by atoms with Crippen molar-refractivity contribution in [3.63, 3.8) is 0 Å². The van der Waals surface area contributed by atoms with Gasteiger partial charge in [0.1, 0.15) is 17.2 Å². The van der Waals surface area contributed by atoms with E-state index in [4.69, 9.17) is 28.4 Å². The van der Waals surface area contributed by atoms with E-state index in [-0.39, 0.29) is 20.2 Å². The van der Waals surface area contributed by atoms with Gasteiger partial charge < -0.3 is 28.4 Å². The number of ether oxygens (including phenoxy) is 6. The summed E-state index contributed by atoms with van der Waals surface area (Å²) in [6.45, 7) is 11.6. The van der Waals surface area contributed by atoms with Crippen LogP contribution in [0.5, 0.6) is 17.2 Å². The van der Waals surface area contributed by atoms with Gasteiger partial charge in [-0.05, 0) is 91.6 Å². The van der Waals surface area contributed by atoms with E-state index in [0.717, 1.165) is 23.3 Å². The Balaban J connectivity index is 1.49. The molecule has 0 aliphatic heterocycles. The Morgan fingerprint density at radius 1 is 0.651 bits per heavy atom. The first-order chi connectivity index (χ1) is 20.6. The first kappa shape index (κ1) is 32.1. The van der Waals surface area contributed by atoms with Gasteiger partial charge in [0, 0.05) is 18.6 Å². The smallest absolute Gasteiger partial charge is 0.343 e. The summed E-state index contributed by atoms with van der Waals surface area (Å²) in [7, 11) is 0. The molecule has 0 aliphatic carbocycles. The number of hydrogen-bond acceptors (Lipinski definition) is 10. The Bertz CT molecular complexity index is 1520. The highest BCUT2D eigenvalue weighted by Crippen LogP contribution is 2.23. The second kappa shape index (κ2) is 15.6. The maximum Gasteiger partial charge on any atom is 0.343 e. The largest absolute Gasteiger partial charge is 0.462 e. The van der Waals surface area contributed by atoms with Gasteiger partial charge in [0.25, 0.3) is 0 Å². The quantitative estimate of drug-likeness (QED) is 0.0799. The van der Waals surface area contributed by atoms with Crippen molar-refractivity contribution in [2.75, 3.05) is 20.2 Å². The van der Waals surface area contributed by atoms with E-state index < -0.39 is 23.9 Å². The van der Waals surface area contributed by atoms with Crippen LogP contribution in [0.1, 0.15) is 43.0 Å². The van der Waals surface area contributed by atoms with E-state index in [1.54, 1.807) is 62.4 Å². The van der Waals surface area contributed by atoms with E-state index >= 15 is 0 Å². The van der Waals surface area contributed by atoms with Crippen molar-refractivity contribution in [1.82, 2.24) is 0 Å². The molecule has 0 fully saturated rings. The number of carbonyl (C=O) groups is 4. The van der Waals surface area contributed by atoms with Gasteiger partial charge in [0.2, 0.25) is 13.6 Å². The lowest BCUT2D eigenvalue weighted by Crippen LogP contribution is -2.11. The molecule has 10 nitrogen and oxygen atoms in total. The van der Waals surface area contributed by atoms with Gasteiger partial charge in [-0.1, -0.05) is 19.2 Å². The molecule has 3 rings (SSSR count). The fourth-order valence-corrected chi connectivity index (χ4v) is 3.81. The average Bonchev–Trinajstić information content (AvgIpc) is 2.99. The molecule has 0 aliphatic rings. The molecule has 0 saturated heterocycles. The third kappa shape index (κ3) is 9.60. The molecular weight excluding hydrogens is 556 g/mol. The number of aryl methyl sites for hydroxylation is 3. The molecule has 0 bridgehead atoms. The lowest BCUT2D eigenvalue weighted by molar-refractivity contribution is -0.145. The van der Waals surface area contributed by atoms with Crippen LogP contribution in [0.2, 0.25) is 0 Å². The first-order valence-electron chi connectivity index (χ1n) is 13.2. The van der Waals surface area contributed by atoms with E-state index in [1.807, 2.05) is 13.0 Å². The van der Waals surface area contributed by atoms with Gasteiger partial charge in [-0.2, -0.15) is 0 Å². The molecule has 0 atom stereocenters. The fraction of sp³-hybridized carbons (Fsp3) is 0.212. The zero-order valence-corrected chi connectivity index (χ0v) is 24.2. The van der Waals surface area contributed by atoms with Crippen LogP contribution in [0, 0.1) is 20.8 Å². The van der Waals surface area contributed by atoms with Crippen molar-refractivity contribution >= 4 is 23.9 Å². The molecule has 0 amide bonds. The van der Waals surface area contributed by atoms with Crippen LogP contribution in [0.25, 0.3) is 0 Å². The Morgan fingerprint density at radius 2 is 1.19 bits per heavy atom. The molecule has 0 radical (unpaired) electrons. The number of rotatable bonds is 14. The first-order valence-corrected chi connectivity index (χ1v) is 13.2. The minimum absolute atomic E-state index is 0.147. The van der Waals surface area contributed by atoms with Gasteiger partial charge in [-0.3, -0.25) is 0 Å². The minimum Gasteiger partial charge on any atom is -0.462 e. The standard InChI is InChI=1S/C33H32O10/c1-6-30(34)41-19-39-28-12-9-25(16-22(28)4)32(36)38-15-14-24-8-11-27(18-21(24)3)43-33(37)26-10-13-29(23(5)17-26)40-20-42-31(35)7-2/h6-13,16-18H,1-2,14-15,19-20H2,3-5H3. The molecule has 43 heavy (non-hydrogen) atoms. The molecule has 3 aromatic rings. The third-order valence-electron chi connectivity index (χ3n) is 6.11. The van der Waals surface area contributed by atoms with Crippen LogP contribution in [0.3, 0.4) is 0 Å². The van der Waals surface area contributed by atoms with Crippen LogP contribution in [0.4, 0.5) is 0 Å². The van der Waals surface area contributed by atoms with E-state index in [9.17, 15) is 19.2 Å².